The van der Waals surface area contributed by atoms with Gasteiger partial charge in [-0.15, -0.1) is 10.2 Å². The molecule has 6 heteroatoms. The second-order valence-electron chi connectivity index (χ2n) is 7.29. The van der Waals surface area contributed by atoms with Gasteiger partial charge in [0.2, 0.25) is 0 Å². The molecule has 0 aliphatic heterocycles. The van der Waals surface area contributed by atoms with Crippen molar-refractivity contribution in [3.05, 3.63) is 83.4 Å². The van der Waals surface area contributed by atoms with Gasteiger partial charge in [0, 0.05) is 17.0 Å². The molecular formula is C25H25N3O2S. The molecule has 0 saturated heterocycles. The zero-order valence-corrected chi connectivity index (χ0v) is 18.9. The zero-order chi connectivity index (χ0) is 21.8. The van der Waals surface area contributed by atoms with Crippen LogP contribution in [0.1, 0.15) is 16.7 Å². The van der Waals surface area contributed by atoms with Crippen molar-refractivity contribution < 1.29 is 9.47 Å². The largest absolute Gasteiger partial charge is 0.497 e. The highest BCUT2D eigenvalue weighted by molar-refractivity contribution is 7.98. The maximum absolute atomic E-state index is 5.41. The number of hydrogen-bond acceptors (Lipinski definition) is 5. The van der Waals surface area contributed by atoms with E-state index in [9.17, 15) is 0 Å². The predicted molar refractivity (Wildman–Crippen MR) is 125 cm³/mol. The summed E-state index contributed by atoms with van der Waals surface area (Å²) in [4.78, 5) is 0. The van der Waals surface area contributed by atoms with Crippen LogP contribution in [-0.4, -0.2) is 29.0 Å². The molecule has 158 valence electrons. The second-order valence-corrected chi connectivity index (χ2v) is 8.23. The molecule has 0 radical (unpaired) electrons. The van der Waals surface area contributed by atoms with E-state index in [1.807, 2.05) is 48.5 Å². The van der Waals surface area contributed by atoms with Gasteiger partial charge >= 0.3 is 0 Å². The highest BCUT2D eigenvalue weighted by atomic mass is 32.2. The number of rotatable bonds is 7. The first kappa shape index (κ1) is 21.0. The number of aryl methyl sites for hydroxylation is 2. The Balaban J connectivity index is 1.75. The number of aromatic nitrogens is 3. The fraction of sp³-hybridized carbons (Fsp3) is 0.200. The highest BCUT2D eigenvalue weighted by Gasteiger charge is 2.17. The Morgan fingerprint density at radius 2 is 1.61 bits per heavy atom. The molecule has 4 rings (SSSR count). The molecule has 0 amide bonds. The van der Waals surface area contributed by atoms with E-state index in [0.717, 1.165) is 39.5 Å². The maximum Gasteiger partial charge on any atom is 0.196 e. The van der Waals surface area contributed by atoms with Gasteiger partial charge in [0.15, 0.2) is 11.0 Å². The first-order valence-electron chi connectivity index (χ1n) is 10.0. The van der Waals surface area contributed by atoms with E-state index in [1.54, 1.807) is 26.0 Å². The quantitative estimate of drug-likeness (QED) is 0.343. The Morgan fingerprint density at radius 3 is 2.35 bits per heavy atom. The van der Waals surface area contributed by atoms with E-state index >= 15 is 0 Å². The van der Waals surface area contributed by atoms with E-state index in [-0.39, 0.29) is 0 Å². The van der Waals surface area contributed by atoms with Crippen LogP contribution in [0.15, 0.2) is 71.9 Å². The molecule has 4 aromatic rings. The van der Waals surface area contributed by atoms with Gasteiger partial charge in [-0.2, -0.15) is 0 Å². The van der Waals surface area contributed by atoms with Crippen molar-refractivity contribution in [1.82, 2.24) is 14.8 Å². The third-order valence-electron chi connectivity index (χ3n) is 5.15. The summed E-state index contributed by atoms with van der Waals surface area (Å²) in [6.45, 7) is 4.26. The molecule has 31 heavy (non-hydrogen) atoms. The zero-order valence-electron chi connectivity index (χ0n) is 18.1. The lowest BCUT2D eigenvalue weighted by Gasteiger charge is -2.12. The van der Waals surface area contributed by atoms with Crippen molar-refractivity contribution in [1.29, 1.82) is 0 Å². The number of ether oxygens (including phenoxy) is 2. The molecule has 0 atom stereocenters. The highest BCUT2D eigenvalue weighted by Crippen LogP contribution is 2.32. The van der Waals surface area contributed by atoms with Crippen LogP contribution in [0.5, 0.6) is 11.5 Å². The Morgan fingerprint density at radius 1 is 0.839 bits per heavy atom. The van der Waals surface area contributed by atoms with Crippen LogP contribution >= 0.6 is 11.8 Å². The van der Waals surface area contributed by atoms with Gasteiger partial charge < -0.3 is 9.47 Å². The summed E-state index contributed by atoms with van der Waals surface area (Å²) < 4.78 is 12.8. The molecule has 0 aliphatic carbocycles. The lowest BCUT2D eigenvalue weighted by Crippen LogP contribution is -2.00. The van der Waals surface area contributed by atoms with Crippen molar-refractivity contribution in [3.63, 3.8) is 0 Å². The van der Waals surface area contributed by atoms with Gasteiger partial charge in [-0.25, -0.2) is 0 Å². The number of nitrogens with zero attached hydrogens (tertiary/aromatic N) is 3. The Bertz CT molecular complexity index is 1190. The van der Waals surface area contributed by atoms with E-state index in [1.165, 1.54) is 16.7 Å². The van der Waals surface area contributed by atoms with Crippen LogP contribution in [0.3, 0.4) is 0 Å². The predicted octanol–water partition coefficient (Wildman–Crippen LogP) is 5.86. The molecule has 0 fully saturated rings. The fourth-order valence-corrected chi connectivity index (χ4v) is 4.39. The van der Waals surface area contributed by atoms with Crippen LogP contribution in [0.2, 0.25) is 0 Å². The van der Waals surface area contributed by atoms with Crippen LogP contribution in [0, 0.1) is 13.8 Å². The van der Waals surface area contributed by atoms with E-state index in [2.05, 4.69) is 46.8 Å². The van der Waals surface area contributed by atoms with Crippen molar-refractivity contribution in [2.24, 2.45) is 0 Å². The SMILES string of the molecule is COc1ccc(-n2c(SCc3cc(C)ccc3C)nnc2-c2cccc(OC)c2)cc1. The molecule has 0 spiro atoms. The van der Waals surface area contributed by atoms with Crippen LogP contribution in [-0.2, 0) is 5.75 Å². The minimum atomic E-state index is 0.771. The fourth-order valence-electron chi connectivity index (χ4n) is 3.37. The van der Waals surface area contributed by atoms with Crippen molar-refractivity contribution in [2.75, 3.05) is 14.2 Å². The van der Waals surface area contributed by atoms with Crippen molar-refractivity contribution in [3.8, 4) is 28.6 Å². The van der Waals surface area contributed by atoms with Gasteiger partial charge in [-0.3, -0.25) is 4.57 Å². The van der Waals surface area contributed by atoms with E-state index in [4.69, 9.17) is 9.47 Å². The summed E-state index contributed by atoms with van der Waals surface area (Å²) in [5.74, 6) is 3.18. The molecule has 0 saturated carbocycles. The van der Waals surface area contributed by atoms with Gasteiger partial charge in [-0.05, 0) is 61.4 Å². The average molecular weight is 432 g/mol. The summed E-state index contributed by atoms with van der Waals surface area (Å²) in [6, 6.07) is 22.4. The lowest BCUT2D eigenvalue weighted by atomic mass is 10.1. The molecule has 0 bridgehead atoms. The number of hydrogen-bond donors (Lipinski definition) is 0. The Kier molecular flexibility index (Phi) is 6.28. The number of thioether (sulfide) groups is 1. The second kappa shape index (κ2) is 9.27. The molecule has 5 nitrogen and oxygen atoms in total. The van der Waals surface area contributed by atoms with Gasteiger partial charge in [0.1, 0.15) is 11.5 Å². The van der Waals surface area contributed by atoms with Gasteiger partial charge in [0.05, 0.1) is 14.2 Å². The molecule has 0 aliphatic rings. The summed E-state index contributed by atoms with van der Waals surface area (Å²) in [7, 11) is 3.33. The van der Waals surface area contributed by atoms with Crippen LogP contribution in [0.4, 0.5) is 0 Å². The summed E-state index contributed by atoms with van der Waals surface area (Å²) in [5, 5.41) is 9.91. The van der Waals surface area contributed by atoms with Crippen molar-refractivity contribution in [2.45, 2.75) is 24.8 Å². The third-order valence-corrected chi connectivity index (χ3v) is 6.13. The molecule has 1 aromatic heterocycles. The third kappa shape index (κ3) is 4.59. The van der Waals surface area contributed by atoms with Crippen LogP contribution in [0.25, 0.3) is 17.1 Å². The number of benzene rings is 3. The maximum atomic E-state index is 5.41. The van der Waals surface area contributed by atoms with E-state index < -0.39 is 0 Å². The molecular weight excluding hydrogens is 406 g/mol. The normalized spacial score (nSPS) is 10.8. The topological polar surface area (TPSA) is 49.2 Å². The molecule has 0 unspecified atom stereocenters. The van der Waals surface area contributed by atoms with E-state index in [0.29, 0.717) is 0 Å². The molecule has 3 aromatic carbocycles. The monoisotopic (exact) mass is 431 g/mol. The summed E-state index contributed by atoms with van der Waals surface area (Å²) >= 11 is 1.68. The minimum Gasteiger partial charge on any atom is -0.497 e. The van der Waals surface area contributed by atoms with Crippen LogP contribution < -0.4 is 9.47 Å². The Labute approximate surface area is 187 Å². The smallest absolute Gasteiger partial charge is 0.196 e. The summed E-state index contributed by atoms with van der Waals surface area (Å²) in [6.07, 6.45) is 0. The Hall–Kier alpha value is -3.25. The first-order valence-corrected chi connectivity index (χ1v) is 11.0. The molecule has 1 heterocycles. The van der Waals surface area contributed by atoms with Gasteiger partial charge in [-0.1, -0.05) is 47.7 Å². The first-order chi connectivity index (χ1) is 15.1. The molecule has 0 N–H and O–H groups in total. The van der Waals surface area contributed by atoms with Crippen molar-refractivity contribution >= 4 is 11.8 Å². The summed E-state index contributed by atoms with van der Waals surface area (Å²) in [5.41, 5.74) is 5.77. The lowest BCUT2D eigenvalue weighted by molar-refractivity contribution is 0.414. The average Bonchev–Trinajstić information content (AvgIpc) is 3.23. The minimum absolute atomic E-state index is 0.771. The standard InChI is InChI=1S/C25H25N3O2S/c1-17-8-9-18(2)20(14-17)16-31-25-27-26-24(19-6-5-7-23(15-19)30-4)28(25)21-10-12-22(29-3)13-11-21/h5-15H,16H2,1-4H3. The number of methoxy groups -OCH3 is 2. The van der Waals surface area contributed by atoms with Gasteiger partial charge in [0.25, 0.3) is 0 Å².